The molecule has 0 unspecified atom stereocenters. The number of carbonyl (C=O) groups excluding carboxylic acids is 6. The van der Waals surface area contributed by atoms with Crippen molar-refractivity contribution in [3.63, 3.8) is 0 Å². The monoisotopic (exact) mass is 1220 g/mol. The highest BCUT2D eigenvalue weighted by Gasteiger charge is 2.39. The van der Waals surface area contributed by atoms with Crippen molar-refractivity contribution in [2.24, 2.45) is 0 Å². The summed E-state index contributed by atoms with van der Waals surface area (Å²) in [6.45, 7) is 4.51. The van der Waals surface area contributed by atoms with Gasteiger partial charge >= 0.3 is 0 Å². The lowest BCUT2D eigenvalue weighted by Gasteiger charge is -2.33. The molecule has 2 heterocycles. The molecule has 0 spiro atoms. The van der Waals surface area contributed by atoms with E-state index in [-0.39, 0.29) is 105 Å². The van der Waals surface area contributed by atoms with Gasteiger partial charge in [-0.05, 0) is 158 Å². The molecule has 20 nitrogen and oxygen atoms in total. The molecule has 0 aliphatic carbocycles. The molecule has 85 heavy (non-hydrogen) atoms. The Bertz CT molecular complexity index is 2840. The molecule has 24 heteroatoms. The number of halogens is 2. The SMILES string of the molecule is CN[C@@H](C)C(=O)N[C@@H](CCCNC(=O)CCCC(=O)NCCC[C@H](NC(=O)[C@@H](C)NC)C(=O)N1CCC[C@@H]1CN(CCc1ccccc1)S(=O)(=O)c1ccc(F)cc1)C(=O)N1CCC[C@H]1CN(CCc1ccccc1)S(=O)(=O)c1ccc(F)cc1. The van der Waals surface area contributed by atoms with Crippen LogP contribution in [0.4, 0.5) is 8.78 Å². The molecule has 2 aliphatic rings. The van der Waals surface area contributed by atoms with E-state index in [9.17, 15) is 54.4 Å². The molecular formula is C61H84F2N10O10S2. The lowest BCUT2D eigenvalue weighted by molar-refractivity contribution is -0.138. The molecule has 6 rings (SSSR count). The van der Waals surface area contributed by atoms with Crippen LogP contribution in [-0.4, -0.2) is 173 Å². The van der Waals surface area contributed by atoms with Crippen molar-refractivity contribution >= 4 is 55.5 Å². The molecule has 4 aromatic carbocycles. The van der Waals surface area contributed by atoms with Gasteiger partial charge in [0.05, 0.1) is 21.9 Å². The van der Waals surface area contributed by atoms with Gasteiger partial charge in [-0.1, -0.05) is 60.7 Å². The normalized spacial score (nSPS) is 16.8. The first-order valence-corrected chi connectivity index (χ1v) is 32.3. The standard InChI is InChI=1S/C61H84F2N10O10S2/c1-44(64-3)58(76)68-54(60(78)72-38-14-20-50(72)42-70(40-34-46-16-7-5-8-17-46)84(80,81)52-30-26-48(62)27-31-52)22-12-36-66-56(74)24-11-25-57(75)67-37-13-23-55(69-59(77)45(2)65-4)61(79)73-39-15-21-51(73)43-71(41-35-47-18-9-6-10-19-47)85(82,83)53-32-28-49(63)29-33-53/h5-10,16-19,26-33,44-45,50-51,54-55,64-65H,11-15,20-25,34-43H2,1-4H3,(H,66,74)(H,67,75)(H,68,76)(H,69,77)/t44-,45+,50-,51+,54-,55-/m0/s1. The van der Waals surface area contributed by atoms with E-state index in [4.69, 9.17) is 0 Å². The third kappa shape index (κ3) is 20.2. The smallest absolute Gasteiger partial charge is 0.245 e. The van der Waals surface area contributed by atoms with Gasteiger partial charge in [0.2, 0.25) is 55.5 Å². The Balaban J connectivity index is 0.983. The van der Waals surface area contributed by atoms with Gasteiger partial charge in [0, 0.05) is 77.3 Å². The summed E-state index contributed by atoms with van der Waals surface area (Å²) < 4.78 is 86.8. The van der Waals surface area contributed by atoms with Crippen molar-refractivity contribution in [3.05, 3.63) is 132 Å². The molecule has 0 radical (unpaired) electrons. The summed E-state index contributed by atoms with van der Waals surface area (Å²) in [5.74, 6) is -3.35. The number of hydrogen-bond donors (Lipinski definition) is 6. The van der Waals surface area contributed by atoms with Gasteiger partial charge in [0.25, 0.3) is 0 Å². The van der Waals surface area contributed by atoms with E-state index in [1.807, 2.05) is 60.7 Å². The second kappa shape index (κ2) is 33.3. The molecule has 0 bridgehead atoms. The molecule has 6 atom stereocenters. The van der Waals surface area contributed by atoms with E-state index in [0.717, 1.165) is 35.4 Å². The highest BCUT2D eigenvalue weighted by molar-refractivity contribution is 7.89. The van der Waals surface area contributed by atoms with Crippen LogP contribution in [0, 0.1) is 11.6 Å². The van der Waals surface area contributed by atoms with Gasteiger partial charge in [-0.2, -0.15) is 8.61 Å². The van der Waals surface area contributed by atoms with Crippen molar-refractivity contribution in [1.29, 1.82) is 0 Å². The molecule has 2 aliphatic heterocycles. The van der Waals surface area contributed by atoms with Gasteiger partial charge in [-0.25, -0.2) is 25.6 Å². The van der Waals surface area contributed by atoms with Gasteiger partial charge < -0.3 is 41.7 Å². The number of hydrogen-bond acceptors (Lipinski definition) is 12. The largest absolute Gasteiger partial charge is 0.356 e. The van der Waals surface area contributed by atoms with Crippen molar-refractivity contribution in [3.8, 4) is 0 Å². The second-order valence-electron chi connectivity index (χ2n) is 21.7. The Morgan fingerprint density at radius 1 is 0.541 bits per heavy atom. The number of nitrogens with zero attached hydrogens (tertiary/aromatic N) is 4. The van der Waals surface area contributed by atoms with Crippen LogP contribution in [0.2, 0.25) is 0 Å². The van der Waals surface area contributed by atoms with Crippen LogP contribution in [-0.2, 0) is 61.7 Å². The van der Waals surface area contributed by atoms with Crippen LogP contribution in [0.1, 0.15) is 95.6 Å². The molecule has 4 aromatic rings. The Labute approximate surface area is 499 Å². The first-order chi connectivity index (χ1) is 40.7. The number of amides is 6. The van der Waals surface area contributed by atoms with E-state index in [0.29, 0.717) is 64.5 Å². The number of nitrogens with one attached hydrogen (secondary N) is 6. The molecule has 2 saturated heterocycles. The van der Waals surface area contributed by atoms with E-state index >= 15 is 0 Å². The molecule has 6 N–H and O–H groups in total. The summed E-state index contributed by atoms with van der Waals surface area (Å²) in [5.41, 5.74) is 1.84. The summed E-state index contributed by atoms with van der Waals surface area (Å²) in [4.78, 5) is 84.3. The summed E-state index contributed by atoms with van der Waals surface area (Å²) >= 11 is 0. The predicted molar refractivity (Wildman–Crippen MR) is 319 cm³/mol. The first kappa shape index (κ1) is 67.4. The lowest BCUT2D eigenvalue weighted by Crippen LogP contribution is -2.55. The quantitative estimate of drug-likeness (QED) is 0.0359. The molecular weight excluding hydrogens is 1130 g/mol. The summed E-state index contributed by atoms with van der Waals surface area (Å²) in [5, 5.41) is 17.2. The summed E-state index contributed by atoms with van der Waals surface area (Å²) in [6.07, 6.45) is 4.27. The zero-order valence-corrected chi connectivity index (χ0v) is 50.8. The fraction of sp³-hybridized carbons (Fsp3) is 0.508. The van der Waals surface area contributed by atoms with Crippen LogP contribution >= 0.6 is 0 Å². The molecule has 6 amide bonds. The number of benzene rings is 4. The number of carbonyl (C=O) groups is 6. The second-order valence-corrected chi connectivity index (χ2v) is 25.6. The van der Waals surface area contributed by atoms with E-state index < -0.39 is 79.7 Å². The number of sulfonamides is 2. The fourth-order valence-corrected chi connectivity index (χ4v) is 13.4. The Morgan fingerprint density at radius 3 is 1.26 bits per heavy atom. The molecule has 0 saturated carbocycles. The Hall–Kier alpha value is -6.70. The average molecular weight is 1220 g/mol. The maximum Gasteiger partial charge on any atom is 0.245 e. The third-order valence-electron chi connectivity index (χ3n) is 15.7. The van der Waals surface area contributed by atoms with Gasteiger partial charge in [-0.3, -0.25) is 28.8 Å². The Kier molecular flexibility index (Phi) is 26.4. The molecule has 2 fully saturated rings. The van der Waals surface area contributed by atoms with Crippen molar-refractivity contribution < 1.29 is 54.4 Å². The van der Waals surface area contributed by atoms with Gasteiger partial charge in [0.1, 0.15) is 23.7 Å². The van der Waals surface area contributed by atoms with E-state index in [1.54, 1.807) is 37.7 Å². The van der Waals surface area contributed by atoms with Crippen molar-refractivity contribution in [1.82, 2.24) is 50.3 Å². The fourth-order valence-electron chi connectivity index (χ4n) is 10.5. The zero-order chi connectivity index (χ0) is 61.5. The molecule has 464 valence electrons. The number of likely N-dealkylation sites (tertiary alicyclic amines) is 2. The maximum absolute atomic E-state index is 14.4. The average Bonchev–Trinajstić information content (AvgIpc) is 3.67. The molecule has 0 aromatic heterocycles. The van der Waals surface area contributed by atoms with Crippen LogP contribution in [0.15, 0.2) is 119 Å². The summed E-state index contributed by atoms with van der Waals surface area (Å²) in [7, 11) is -4.99. The van der Waals surface area contributed by atoms with Gasteiger partial charge in [0.15, 0.2) is 0 Å². The van der Waals surface area contributed by atoms with E-state index in [1.165, 1.54) is 32.9 Å². The minimum absolute atomic E-state index is 0.0190. The predicted octanol–water partition coefficient (Wildman–Crippen LogP) is 4.26. The highest BCUT2D eigenvalue weighted by atomic mass is 32.2. The number of likely N-dealkylation sites (N-methyl/N-ethyl adjacent to an activating group) is 2. The zero-order valence-electron chi connectivity index (χ0n) is 49.1. The van der Waals surface area contributed by atoms with Crippen LogP contribution in [0.25, 0.3) is 0 Å². The van der Waals surface area contributed by atoms with Crippen molar-refractivity contribution in [2.45, 2.75) is 143 Å². The van der Waals surface area contributed by atoms with Crippen molar-refractivity contribution in [2.75, 3.05) is 66.5 Å². The minimum Gasteiger partial charge on any atom is -0.356 e. The van der Waals surface area contributed by atoms with Gasteiger partial charge in [-0.15, -0.1) is 0 Å². The van der Waals surface area contributed by atoms with Crippen LogP contribution in [0.5, 0.6) is 0 Å². The van der Waals surface area contributed by atoms with E-state index in [2.05, 4.69) is 31.9 Å². The first-order valence-electron chi connectivity index (χ1n) is 29.4. The summed E-state index contributed by atoms with van der Waals surface area (Å²) in [6, 6.07) is 23.8. The van der Waals surface area contributed by atoms with Crippen LogP contribution < -0.4 is 31.9 Å². The third-order valence-corrected chi connectivity index (χ3v) is 19.5. The maximum atomic E-state index is 14.4. The highest BCUT2D eigenvalue weighted by Crippen LogP contribution is 2.27. The topological polar surface area (TPSA) is 256 Å². The minimum atomic E-state index is -4.11. The lowest BCUT2D eigenvalue weighted by atomic mass is 10.1. The Morgan fingerprint density at radius 2 is 0.906 bits per heavy atom. The number of rotatable bonds is 34. The van der Waals surface area contributed by atoms with Crippen LogP contribution in [0.3, 0.4) is 0 Å².